The van der Waals surface area contributed by atoms with Gasteiger partial charge in [0, 0.05) is 48.0 Å². The van der Waals surface area contributed by atoms with Crippen molar-refractivity contribution < 1.29 is 1.43 Å². The molecule has 0 saturated heterocycles. The lowest BCUT2D eigenvalue weighted by Crippen LogP contribution is -2.06. The summed E-state index contributed by atoms with van der Waals surface area (Å²) in [6.07, 6.45) is 7.71. The topological polar surface area (TPSA) is 48.5 Å². The molecular formula is C33H39N5. The number of hydrogen-bond donors (Lipinski definition) is 0. The van der Waals surface area contributed by atoms with Crippen molar-refractivity contribution in [3.63, 3.8) is 0 Å². The second-order valence-corrected chi connectivity index (χ2v) is 10.6. The highest BCUT2D eigenvalue weighted by Gasteiger charge is 2.10. The van der Waals surface area contributed by atoms with Gasteiger partial charge in [-0.15, -0.1) is 0 Å². The van der Waals surface area contributed by atoms with Crippen molar-refractivity contribution in [3.05, 3.63) is 123 Å². The highest BCUT2D eigenvalue weighted by molar-refractivity contribution is 5.37. The fourth-order valence-corrected chi connectivity index (χ4v) is 5.38. The van der Waals surface area contributed by atoms with Crippen LogP contribution in [0.3, 0.4) is 0 Å². The molecule has 5 rings (SSSR count). The fraction of sp³-hybridized carbons (Fsp3) is 0.303. The van der Waals surface area contributed by atoms with Crippen molar-refractivity contribution >= 4 is 0 Å². The van der Waals surface area contributed by atoms with Gasteiger partial charge in [0.1, 0.15) is 11.6 Å². The van der Waals surface area contributed by atoms with Gasteiger partial charge in [-0.05, 0) is 138 Å². The van der Waals surface area contributed by atoms with Gasteiger partial charge in [0.2, 0.25) is 0 Å². The number of rotatable bonds is 8. The molecule has 5 aromatic rings. The van der Waals surface area contributed by atoms with Crippen molar-refractivity contribution in [2.75, 3.05) is 0 Å². The van der Waals surface area contributed by atoms with Crippen LogP contribution in [0, 0.1) is 41.5 Å². The smallest absolute Gasteiger partial charge is 0.137 e. The van der Waals surface area contributed by atoms with Crippen molar-refractivity contribution in [1.29, 1.82) is 0 Å². The summed E-state index contributed by atoms with van der Waals surface area (Å²) in [6, 6.07) is 19.7. The lowest BCUT2D eigenvalue weighted by molar-refractivity contribution is 0.854. The van der Waals surface area contributed by atoms with Crippen LogP contribution in [0.25, 0.3) is 11.6 Å². The Labute approximate surface area is 227 Å². The van der Waals surface area contributed by atoms with Gasteiger partial charge in [0.25, 0.3) is 0 Å². The first-order valence-electron chi connectivity index (χ1n) is 13.5. The van der Waals surface area contributed by atoms with Gasteiger partial charge in [-0.2, -0.15) is 0 Å². The van der Waals surface area contributed by atoms with Crippen LogP contribution in [0.1, 0.15) is 57.8 Å². The Morgan fingerprint density at radius 3 is 1.68 bits per heavy atom. The zero-order valence-corrected chi connectivity index (χ0v) is 23.4. The lowest BCUT2D eigenvalue weighted by atomic mass is 10.0. The molecule has 0 aromatic carbocycles. The summed E-state index contributed by atoms with van der Waals surface area (Å²) in [5, 5.41) is 0. The molecule has 0 saturated carbocycles. The van der Waals surface area contributed by atoms with Crippen LogP contribution < -0.4 is 0 Å². The van der Waals surface area contributed by atoms with Crippen molar-refractivity contribution in [1.82, 2.24) is 24.1 Å². The molecule has 0 aliphatic heterocycles. The maximum absolute atomic E-state index is 5.00. The van der Waals surface area contributed by atoms with Crippen LogP contribution in [0.5, 0.6) is 0 Å². The molecule has 0 aliphatic carbocycles. The molecule has 0 bridgehead atoms. The number of pyridine rings is 3. The van der Waals surface area contributed by atoms with E-state index in [0.29, 0.717) is 0 Å². The molecular weight excluding hydrogens is 466 g/mol. The zero-order chi connectivity index (χ0) is 26.8. The van der Waals surface area contributed by atoms with Gasteiger partial charge >= 0.3 is 0 Å². The summed E-state index contributed by atoms with van der Waals surface area (Å²) in [5.41, 5.74) is 12.1. The first kappa shape index (κ1) is 25.7. The third-order valence-electron chi connectivity index (χ3n) is 7.23. The van der Waals surface area contributed by atoms with E-state index in [2.05, 4.69) is 110 Å². The molecule has 0 N–H and O–H groups in total. The number of hydrogen-bond acceptors (Lipinski definition) is 3. The second kappa shape index (κ2) is 10.8. The molecule has 5 heteroatoms. The maximum atomic E-state index is 5.00. The van der Waals surface area contributed by atoms with E-state index in [9.17, 15) is 0 Å². The monoisotopic (exact) mass is 505 g/mol. The Bertz CT molecular complexity index is 1440. The fourth-order valence-electron chi connectivity index (χ4n) is 5.38. The second-order valence-electron chi connectivity index (χ2n) is 10.6. The molecule has 0 aliphatic rings. The van der Waals surface area contributed by atoms with E-state index >= 15 is 0 Å². The van der Waals surface area contributed by atoms with Gasteiger partial charge in [-0.25, -0.2) is 9.97 Å². The van der Waals surface area contributed by atoms with Gasteiger partial charge in [-0.1, -0.05) is 6.07 Å². The predicted molar refractivity (Wildman–Crippen MR) is 157 cm³/mol. The molecule has 0 atom stereocenters. The third-order valence-corrected chi connectivity index (χ3v) is 7.23. The lowest BCUT2D eigenvalue weighted by Gasteiger charge is -2.12. The summed E-state index contributed by atoms with van der Waals surface area (Å²) in [7, 11) is 0. The summed E-state index contributed by atoms with van der Waals surface area (Å²) < 4.78 is 4.45. The van der Waals surface area contributed by atoms with E-state index in [0.717, 1.165) is 48.7 Å². The Morgan fingerprint density at radius 1 is 0.553 bits per heavy atom. The summed E-state index contributed by atoms with van der Waals surface area (Å²) in [4.78, 5) is 14.4. The van der Waals surface area contributed by atoms with E-state index in [-0.39, 0.29) is 1.43 Å². The minimum atomic E-state index is 0. The molecule has 0 amide bonds. The third kappa shape index (κ3) is 5.62. The summed E-state index contributed by atoms with van der Waals surface area (Å²) in [6.45, 7) is 12.7. The Morgan fingerprint density at radius 2 is 1.08 bits per heavy atom. The number of nitrogens with zero attached hydrogens (tertiary/aromatic N) is 5. The van der Waals surface area contributed by atoms with Gasteiger partial charge in [0.05, 0.1) is 0 Å². The van der Waals surface area contributed by atoms with Gasteiger partial charge in [-0.3, -0.25) is 4.98 Å². The first-order chi connectivity index (χ1) is 18.3. The standard InChI is InChI=1S/C33H37N5.H2/c1-22-15-31(36-32(16-22)37-24(3)7-8-25(37)4)14-13-30-18-29(20-34-21-30)12-11-28-17-23(2)35-33(19-28)38-26(5)9-10-27(38)6;/h7-10,15-21H,11-14H2,1-6H3;1H. The largest absolute Gasteiger partial charge is 0.303 e. The number of aryl methyl sites for hydroxylation is 10. The van der Waals surface area contributed by atoms with Gasteiger partial charge < -0.3 is 9.13 Å². The van der Waals surface area contributed by atoms with Crippen LogP contribution in [0.4, 0.5) is 0 Å². The van der Waals surface area contributed by atoms with Crippen LogP contribution >= 0.6 is 0 Å². The number of aromatic nitrogens is 5. The van der Waals surface area contributed by atoms with Crippen molar-refractivity contribution in [2.45, 2.75) is 67.2 Å². The SMILES string of the molecule is Cc1cc(CCc2cncc(CCc3cc(C)nc(-n4c(C)ccc4C)c3)c2)nc(-n2c(C)ccc2C)c1.[HH]. The Kier molecular flexibility index (Phi) is 7.28. The van der Waals surface area contributed by atoms with Gasteiger partial charge in [0.15, 0.2) is 0 Å². The summed E-state index contributed by atoms with van der Waals surface area (Å²) >= 11 is 0. The molecule has 5 aromatic heterocycles. The molecule has 0 unspecified atom stereocenters. The molecule has 196 valence electrons. The highest BCUT2D eigenvalue weighted by Crippen LogP contribution is 2.20. The molecule has 5 heterocycles. The molecule has 38 heavy (non-hydrogen) atoms. The van der Waals surface area contributed by atoms with E-state index in [4.69, 9.17) is 9.97 Å². The quantitative estimate of drug-likeness (QED) is 0.226. The van der Waals surface area contributed by atoms with Crippen molar-refractivity contribution in [3.8, 4) is 11.6 Å². The Balaban J connectivity index is 0.00000353. The van der Waals surface area contributed by atoms with Crippen LogP contribution in [-0.4, -0.2) is 24.1 Å². The van der Waals surface area contributed by atoms with Crippen LogP contribution in [-0.2, 0) is 25.7 Å². The predicted octanol–water partition coefficient (Wildman–Crippen LogP) is 7.12. The summed E-state index contributed by atoms with van der Waals surface area (Å²) in [5.74, 6) is 2.01. The maximum Gasteiger partial charge on any atom is 0.137 e. The van der Waals surface area contributed by atoms with Crippen molar-refractivity contribution in [2.24, 2.45) is 0 Å². The van der Waals surface area contributed by atoms with E-state index in [1.54, 1.807) is 0 Å². The van der Waals surface area contributed by atoms with Crippen LogP contribution in [0.15, 0.2) is 67.0 Å². The minimum absolute atomic E-state index is 0. The first-order valence-corrected chi connectivity index (χ1v) is 13.5. The van der Waals surface area contributed by atoms with E-state index < -0.39 is 0 Å². The molecule has 5 nitrogen and oxygen atoms in total. The minimum Gasteiger partial charge on any atom is -0.303 e. The average Bonchev–Trinajstić information content (AvgIpc) is 3.40. The molecule has 0 radical (unpaired) electrons. The zero-order valence-electron chi connectivity index (χ0n) is 23.4. The van der Waals surface area contributed by atoms with E-state index in [1.165, 1.54) is 45.0 Å². The normalized spacial score (nSPS) is 11.3. The molecule has 0 spiro atoms. The molecule has 0 fully saturated rings. The highest BCUT2D eigenvalue weighted by atomic mass is 15.1. The van der Waals surface area contributed by atoms with Crippen LogP contribution in [0.2, 0.25) is 0 Å². The Hall–Kier alpha value is -3.99. The van der Waals surface area contributed by atoms with E-state index in [1.807, 2.05) is 12.4 Å². The average molecular weight is 506 g/mol.